The zero-order valence-corrected chi connectivity index (χ0v) is 13.7. The van der Waals surface area contributed by atoms with Crippen molar-refractivity contribution in [3.8, 4) is 0 Å². The molecule has 1 atom stereocenters. The second-order valence-corrected chi connectivity index (χ2v) is 6.20. The molecule has 1 saturated heterocycles. The van der Waals surface area contributed by atoms with Crippen molar-refractivity contribution in [1.29, 1.82) is 0 Å². The molecule has 3 heterocycles. The molecule has 1 amide bonds. The maximum Gasteiger partial charge on any atom is 0.325 e. The van der Waals surface area contributed by atoms with Gasteiger partial charge in [0.2, 0.25) is 0 Å². The Morgan fingerprint density at radius 1 is 1.33 bits per heavy atom. The summed E-state index contributed by atoms with van der Waals surface area (Å²) in [5.41, 5.74) is 1.21. The molecule has 1 aliphatic rings. The Balaban J connectivity index is 1.75. The van der Waals surface area contributed by atoms with Gasteiger partial charge in [-0.3, -0.25) is 14.3 Å². The molecule has 7 nitrogen and oxygen atoms in total. The first-order valence-corrected chi connectivity index (χ1v) is 8.06. The zero-order chi connectivity index (χ0) is 17.1. The van der Waals surface area contributed by atoms with Crippen LogP contribution in [0.25, 0.3) is 0 Å². The lowest BCUT2D eigenvalue weighted by Gasteiger charge is -2.32. The van der Waals surface area contributed by atoms with E-state index < -0.39 is 5.97 Å². The minimum atomic E-state index is -0.936. The van der Waals surface area contributed by atoms with Gasteiger partial charge in [0, 0.05) is 37.1 Å². The van der Waals surface area contributed by atoms with Gasteiger partial charge < -0.3 is 10.0 Å². The van der Waals surface area contributed by atoms with Crippen molar-refractivity contribution in [3.63, 3.8) is 0 Å². The van der Waals surface area contributed by atoms with Crippen molar-refractivity contribution in [1.82, 2.24) is 19.7 Å². The molecule has 1 fully saturated rings. The molecular formula is C16H17ClN4O3. The number of hydrogen-bond acceptors (Lipinski definition) is 4. The number of likely N-dealkylation sites (tertiary alicyclic amines) is 1. The maximum absolute atomic E-state index is 12.6. The third-order valence-corrected chi connectivity index (χ3v) is 4.33. The van der Waals surface area contributed by atoms with E-state index in [1.807, 2.05) is 6.07 Å². The number of nitrogens with zero attached hydrogens (tertiary/aromatic N) is 4. The normalized spacial score (nSPS) is 17.7. The average molecular weight is 349 g/mol. The summed E-state index contributed by atoms with van der Waals surface area (Å²) in [7, 11) is 0. The number of aromatic nitrogens is 3. The summed E-state index contributed by atoms with van der Waals surface area (Å²) in [6.07, 6.45) is 4.79. The van der Waals surface area contributed by atoms with E-state index in [4.69, 9.17) is 16.7 Å². The van der Waals surface area contributed by atoms with E-state index in [1.54, 1.807) is 23.2 Å². The average Bonchev–Trinajstić information content (AvgIpc) is 3.02. The van der Waals surface area contributed by atoms with Gasteiger partial charge >= 0.3 is 5.97 Å². The molecule has 8 heteroatoms. The highest BCUT2D eigenvalue weighted by atomic mass is 35.5. The first kappa shape index (κ1) is 16.4. The van der Waals surface area contributed by atoms with Crippen molar-refractivity contribution in [3.05, 3.63) is 47.0 Å². The predicted molar refractivity (Wildman–Crippen MR) is 87.0 cm³/mol. The van der Waals surface area contributed by atoms with E-state index in [0.717, 1.165) is 18.5 Å². The van der Waals surface area contributed by atoms with Crippen molar-refractivity contribution in [2.75, 3.05) is 13.1 Å². The molecule has 3 rings (SSSR count). The molecular weight excluding hydrogens is 332 g/mol. The number of carboxylic acid groups (broad SMARTS) is 1. The number of amides is 1. The summed E-state index contributed by atoms with van der Waals surface area (Å²) in [6.45, 7) is 1.01. The van der Waals surface area contributed by atoms with Gasteiger partial charge in [-0.15, -0.1) is 0 Å². The van der Waals surface area contributed by atoms with Crippen LogP contribution in [0.3, 0.4) is 0 Å². The monoisotopic (exact) mass is 348 g/mol. The molecule has 0 aliphatic carbocycles. The fourth-order valence-corrected chi connectivity index (χ4v) is 3.13. The minimum Gasteiger partial charge on any atom is -0.480 e. The largest absolute Gasteiger partial charge is 0.480 e. The Morgan fingerprint density at radius 2 is 2.17 bits per heavy atom. The van der Waals surface area contributed by atoms with E-state index in [2.05, 4.69) is 10.1 Å². The molecule has 126 valence electrons. The van der Waals surface area contributed by atoms with Crippen LogP contribution in [0.15, 0.2) is 30.6 Å². The zero-order valence-electron chi connectivity index (χ0n) is 12.9. The molecule has 2 aromatic rings. The van der Waals surface area contributed by atoms with Gasteiger partial charge in [0.15, 0.2) is 0 Å². The van der Waals surface area contributed by atoms with Crippen LogP contribution in [-0.4, -0.2) is 49.7 Å². The standard InChI is InChI=1S/C16H17ClN4O3/c17-12-3-4-13(18-8-12)16(24)20-7-1-2-11(9-20)14-5-6-19-21(14)10-15(22)23/h3-6,8,11H,1-2,7,9-10H2,(H,22,23). The number of piperidine rings is 1. The lowest BCUT2D eigenvalue weighted by Crippen LogP contribution is -2.40. The number of hydrogen-bond donors (Lipinski definition) is 1. The summed E-state index contributed by atoms with van der Waals surface area (Å²) >= 11 is 5.81. The Morgan fingerprint density at radius 3 is 2.88 bits per heavy atom. The minimum absolute atomic E-state index is 0.0665. The number of halogens is 1. The van der Waals surface area contributed by atoms with E-state index in [1.165, 1.54) is 10.9 Å². The Hall–Kier alpha value is -2.41. The second kappa shape index (κ2) is 7.00. The van der Waals surface area contributed by atoms with Crippen LogP contribution in [0.2, 0.25) is 5.02 Å². The van der Waals surface area contributed by atoms with Crippen LogP contribution < -0.4 is 0 Å². The second-order valence-electron chi connectivity index (χ2n) is 5.76. The van der Waals surface area contributed by atoms with Crippen LogP contribution >= 0.6 is 11.6 Å². The third kappa shape index (κ3) is 3.56. The Bertz CT molecular complexity index is 744. The smallest absolute Gasteiger partial charge is 0.325 e. The first-order valence-electron chi connectivity index (χ1n) is 7.69. The molecule has 0 radical (unpaired) electrons. The predicted octanol–water partition coefficient (Wildman–Crippen LogP) is 2.04. The van der Waals surface area contributed by atoms with Crippen molar-refractivity contribution in [2.45, 2.75) is 25.3 Å². The molecule has 2 aromatic heterocycles. The number of carbonyl (C=O) groups excluding carboxylic acids is 1. The Kier molecular flexibility index (Phi) is 4.80. The molecule has 0 saturated carbocycles. The number of carboxylic acids is 1. The Labute approximate surface area is 143 Å². The molecule has 0 aromatic carbocycles. The molecule has 0 spiro atoms. The molecule has 1 N–H and O–H groups in total. The quantitative estimate of drug-likeness (QED) is 0.913. The lowest BCUT2D eigenvalue weighted by atomic mass is 9.94. The SMILES string of the molecule is O=C(O)Cn1nccc1C1CCCN(C(=O)c2ccc(Cl)cn2)C1. The first-order chi connectivity index (χ1) is 11.5. The topological polar surface area (TPSA) is 88.3 Å². The maximum atomic E-state index is 12.6. The van der Waals surface area contributed by atoms with Gasteiger partial charge in [0.25, 0.3) is 5.91 Å². The van der Waals surface area contributed by atoms with Crippen LogP contribution in [0.4, 0.5) is 0 Å². The van der Waals surface area contributed by atoms with E-state index in [-0.39, 0.29) is 18.4 Å². The summed E-state index contributed by atoms with van der Waals surface area (Å²) < 4.78 is 1.49. The van der Waals surface area contributed by atoms with Gasteiger partial charge in [-0.1, -0.05) is 11.6 Å². The van der Waals surface area contributed by atoms with Gasteiger partial charge in [0.05, 0.1) is 5.02 Å². The molecule has 24 heavy (non-hydrogen) atoms. The van der Waals surface area contributed by atoms with Crippen LogP contribution in [0, 0.1) is 0 Å². The summed E-state index contributed by atoms with van der Waals surface area (Å²) in [4.78, 5) is 29.4. The van der Waals surface area contributed by atoms with Crippen LogP contribution in [0.1, 0.15) is 34.9 Å². The lowest BCUT2D eigenvalue weighted by molar-refractivity contribution is -0.137. The fourth-order valence-electron chi connectivity index (χ4n) is 3.02. The summed E-state index contributed by atoms with van der Waals surface area (Å²) in [5, 5.41) is 13.5. The van der Waals surface area contributed by atoms with Gasteiger partial charge in [-0.25, -0.2) is 4.98 Å². The fraction of sp³-hybridized carbons (Fsp3) is 0.375. The van der Waals surface area contributed by atoms with Crippen molar-refractivity contribution in [2.24, 2.45) is 0 Å². The van der Waals surface area contributed by atoms with Crippen molar-refractivity contribution < 1.29 is 14.7 Å². The molecule has 0 bridgehead atoms. The van der Waals surface area contributed by atoms with Crippen LogP contribution in [0.5, 0.6) is 0 Å². The number of pyridine rings is 1. The molecule has 1 aliphatic heterocycles. The number of carbonyl (C=O) groups is 2. The third-order valence-electron chi connectivity index (χ3n) is 4.11. The van der Waals surface area contributed by atoms with Gasteiger partial charge in [-0.05, 0) is 31.0 Å². The highest BCUT2D eigenvalue weighted by molar-refractivity contribution is 6.30. The summed E-state index contributed by atoms with van der Waals surface area (Å²) in [5.74, 6) is -1.01. The van der Waals surface area contributed by atoms with Crippen LogP contribution in [-0.2, 0) is 11.3 Å². The molecule has 1 unspecified atom stereocenters. The van der Waals surface area contributed by atoms with E-state index in [0.29, 0.717) is 23.8 Å². The van der Waals surface area contributed by atoms with Crippen molar-refractivity contribution >= 4 is 23.5 Å². The highest BCUT2D eigenvalue weighted by Crippen LogP contribution is 2.27. The van der Waals surface area contributed by atoms with E-state index >= 15 is 0 Å². The number of aliphatic carboxylic acids is 1. The summed E-state index contributed by atoms with van der Waals surface area (Å²) in [6, 6.07) is 5.08. The number of rotatable bonds is 4. The van der Waals surface area contributed by atoms with Gasteiger partial charge in [0.1, 0.15) is 12.2 Å². The van der Waals surface area contributed by atoms with Gasteiger partial charge in [-0.2, -0.15) is 5.10 Å². The highest BCUT2D eigenvalue weighted by Gasteiger charge is 2.28. The van der Waals surface area contributed by atoms with E-state index in [9.17, 15) is 9.59 Å².